The van der Waals surface area contributed by atoms with Crippen LogP contribution in [0.1, 0.15) is 37.4 Å². The largest absolute Gasteiger partial charge is 0.481 e. The smallest absolute Gasteiger partial charge is 0.308 e. The highest BCUT2D eigenvalue weighted by molar-refractivity contribution is 5.79. The molecule has 0 heterocycles. The van der Waals surface area contributed by atoms with Crippen LogP contribution in [0.3, 0.4) is 0 Å². The lowest BCUT2D eigenvalue weighted by atomic mass is 10.0. The van der Waals surface area contributed by atoms with E-state index < -0.39 is 17.9 Å². The molecule has 0 aromatic heterocycles. The molecule has 2 amide bonds. The normalized spacial score (nSPS) is 13.0. The number of aryl methyl sites for hydroxylation is 1. The zero-order chi connectivity index (χ0) is 16.7. The van der Waals surface area contributed by atoms with Gasteiger partial charge in [-0.15, -0.1) is 0 Å². The Balaban J connectivity index is 2.68. The van der Waals surface area contributed by atoms with E-state index in [1.165, 1.54) is 13.8 Å². The lowest BCUT2D eigenvalue weighted by Crippen LogP contribution is -2.35. The summed E-state index contributed by atoms with van der Waals surface area (Å²) in [5, 5.41) is 14.1. The third kappa shape index (κ3) is 5.95. The van der Waals surface area contributed by atoms with Crippen LogP contribution in [0, 0.1) is 12.8 Å². The molecule has 0 bridgehead atoms. The third-order valence-corrected chi connectivity index (χ3v) is 3.27. The Kier molecular flexibility index (Phi) is 6.56. The lowest BCUT2D eigenvalue weighted by Gasteiger charge is -2.18. The Morgan fingerprint density at radius 3 is 2.27 bits per heavy atom. The highest BCUT2D eigenvalue weighted by Gasteiger charge is 2.18. The molecule has 0 aliphatic heterocycles. The Morgan fingerprint density at radius 1 is 1.18 bits per heavy atom. The number of hydrogen-bond acceptors (Lipinski definition) is 3. The molecule has 0 radical (unpaired) electrons. The molecule has 0 aliphatic rings. The summed E-state index contributed by atoms with van der Waals surface area (Å²) in [6.45, 7) is 4.94. The average Bonchev–Trinajstić information content (AvgIpc) is 2.44. The van der Waals surface area contributed by atoms with Crippen LogP contribution in [0.2, 0.25) is 0 Å². The Bertz CT molecular complexity index is 540. The molecule has 0 saturated heterocycles. The molecule has 3 N–H and O–H groups in total. The fraction of sp³-hybridized carbons (Fsp3) is 0.438. The molecule has 6 nitrogen and oxygen atoms in total. The first-order valence-electron chi connectivity index (χ1n) is 7.12. The van der Waals surface area contributed by atoms with E-state index in [0.29, 0.717) is 0 Å². The maximum absolute atomic E-state index is 11.9. The lowest BCUT2D eigenvalue weighted by molar-refractivity contribution is -0.141. The van der Waals surface area contributed by atoms with Gasteiger partial charge in [-0.25, -0.2) is 0 Å². The predicted molar refractivity (Wildman–Crippen MR) is 82.2 cm³/mol. The Morgan fingerprint density at radius 2 is 1.77 bits per heavy atom. The summed E-state index contributed by atoms with van der Waals surface area (Å²) in [5.74, 6) is -2.13. The molecule has 1 aromatic rings. The number of rotatable bonds is 7. The minimum Gasteiger partial charge on any atom is -0.481 e. The van der Waals surface area contributed by atoms with Gasteiger partial charge in [-0.05, 0) is 12.5 Å². The number of amides is 2. The summed E-state index contributed by atoms with van der Waals surface area (Å²) in [5.41, 5.74) is 1.92. The number of carbonyl (C=O) groups is 3. The van der Waals surface area contributed by atoms with Crippen molar-refractivity contribution in [1.82, 2.24) is 10.6 Å². The van der Waals surface area contributed by atoms with Gasteiger partial charge in [0.15, 0.2) is 0 Å². The summed E-state index contributed by atoms with van der Waals surface area (Å²) in [4.78, 5) is 34.0. The number of hydrogen-bond donors (Lipinski definition) is 3. The van der Waals surface area contributed by atoms with Gasteiger partial charge >= 0.3 is 5.97 Å². The van der Waals surface area contributed by atoms with E-state index in [0.717, 1.165) is 11.1 Å². The molecule has 22 heavy (non-hydrogen) atoms. The quantitative estimate of drug-likeness (QED) is 0.709. The van der Waals surface area contributed by atoms with E-state index in [1.807, 2.05) is 31.2 Å². The minimum atomic E-state index is -0.961. The number of nitrogens with one attached hydrogen (secondary N) is 2. The summed E-state index contributed by atoms with van der Waals surface area (Å²) in [6, 6.07) is 7.12. The van der Waals surface area contributed by atoms with Crippen LogP contribution in [0.4, 0.5) is 0 Å². The van der Waals surface area contributed by atoms with E-state index in [-0.39, 0.29) is 24.8 Å². The van der Waals surface area contributed by atoms with Crippen LogP contribution in [-0.4, -0.2) is 29.4 Å². The van der Waals surface area contributed by atoms with Crippen LogP contribution in [0.15, 0.2) is 24.3 Å². The van der Waals surface area contributed by atoms with E-state index in [2.05, 4.69) is 10.6 Å². The second kappa shape index (κ2) is 8.17. The molecule has 0 fully saturated rings. The molecule has 0 aliphatic carbocycles. The van der Waals surface area contributed by atoms with Crippen molar-refractivity contribution in [2.24, 2.45) is 5.92 Å². The van der Waals surface area contributed by atoms with Crippen molar-refractivity contribution in [2.75, 3.05) is 6.54 Å². The van der Waals surface area contributed by atoms with Gasteiger partial charge in [0.2, 0.25) is 11.8 Å². The number of carboxylic acids is 1. The van der Waals surface area contributed by atoms with Gasteiger partial charge in [0.05, 0.1) is 18.4 Å². The Hall–Kier alpha value is -2.37. The SMILES string of the molecule is CC(=O)NC(CC(=O)NCC(C)C(=O)O)c1ccc(C)cc1. The van der Waals surface area contributed by atoms with Crippen molar-refractivity contribution in [2.45, 2.75) is 33.2 Å². The first-order valence-corrected chi connectivity index (χ1v) is 7.12. The fourth-order valence-electron chi connectivity index (χ4n) is 1.91. The van der Waals surface area contributed by atoms with Crippen LogP contribution in [0.25, 0.3) is 0 Å². The average molecular weight is 306 g/mol. The zero-order valence-corrected chi connectivity index (χ0v) is 13.1. The highest BCUT2D eigenvalue weighted by Crippen LogP contribution is 2.17. The fourth-order valence-corrected chi connectivity index (χ4v) is 1.91. The van der Waals surface area contributed by atoms with Gasteiger partial charge in [-0.1, -0.05) is 36.8 Å². The van der Waals surface area contributed by atoms with Crippen LogP contribution in [-0.2, 0) is 14.4 Å². The van der Waals surface area contributed by atoms with Crippen LogP contribution in [0.5, 0.6) is 0 Å². The maximum Gasteiger partial charge on any atom is 0.308 e. The monoisotopic (exact) mass is 306 g/mol. The van der Waals surface area contributed by atoms with Gasteiger partial charge < -0.3 is 15.7 Å². The van der Waals surface area contributed by atoms with Crippen molar-refractivity contribution in [3.05, 3.63) is 35.4 Å². The van der Waals surface area contributed by atoms with Crippen molar-refractivity contribution in [3.8, 4) is 0 Å². The van der Waals surface area contributed by atoms with Crippen molar-refractivity contribution in [1.29, 1.82) is 0 Å². The first kappa shape index (κ1) is 17.7. The maximum atomic E-state index is 11.9. The topological polar surface area (TPSA) is 95.5 Å². The van der Waals surface area contributed by atoms with Gasteiger partial charge in [0.1, 0.15) is 0 Å². The zero-order valence-electron chi connectivity index (χ0n) is 13.1. The number of aliphatic carboxylic acids is 1. The molecule has 0 saturated carbocycles. The van der Waals surface area contributed by atoms with E-state index in [1.54, 1.807) is 0 Å². The summed E-state index contributed by atoms with van der Waals surface area (Å²) in [6.07, 6.45) is 0.0645. The molecule has 2 unspecified atom stereocenters. The molecule has 1 rings (SSSR count). The van der Waals surface area contributed by atoms with Gasteiger partial charge in [-0.2, -0.15) is 0 Å². The summed E-state index contributed by atoms with van der Waals surface area (Å²) >= 11 is 0. The van der Waals surface area contributed by atoms with Crippen LogP contribution < -0.4 is 10.6 Å². The van der Waals surface area contributed by atoms with Crippen molar-refractivity contribution < 1.29 is 19.5 Å². The van der Waals surface area contributed by atoms with Crippen molar-refractivity contribution in [3.63, 3.8) is 0 Å². The standard InChI is InChI=1S/C16H22N2O4/c1-10-4-6-13(7-5-10)14(18-12(3)19)8-15(20)17-9-11(2)16(21)22/h4-7,11,14H,8-9H2,1-3H3,(H,17,20)(H,18,19)(H,21,22). The third-order valence-electron chi connectivity index (χ3n) is 3.27. The van der Waals surface area contributed by atoms with E-state index in [4.69, 9.17) is 5.11 Å². The second-order valence-corrected chi connectivity index (χ2v) is 5.41. The molecular weight excluding hydrogens is 284 g/mol. The van der Waals surface area contributed by atoms with Crippen molar-refractivity contribution >= 4 is 17.8 Å². The molecule has 1 aromatic carbocycles. The van der Waals surface area contributed by atoms with Gasteiger partial charge in [0.25, 0.3) is 0 Å². The first-order chi connectivity index (χ1) is 10.3. The van der Waals surface area contributed by atoms with E-state index >= 15 is 0 Å². The molecule has 6 heteroatoms. The Labute approximate surface area is 129 Å². The molecule has 2 atom stereocenters. The molecule has 0 spiro atoms. The van der Waals surface area contributed by atoms with Crippen LogP contribution >= 0.6 is 0 Å². The number of benzene rings is 1. The van der Waals surface area contributed by atoms with E-state index in [9.17, 15) is 14.4 Å². The molecular formula is C16H22N2O4. The van der Waals surface area contributed by atoms with Gasteiger partial charge in [-0.3, -0.25) is 14.4 Å². The second-order valence-electron chi connectivity index (χ2n) is 5.41. The minimum absolute atomic E-state index is 0.0643. The summed E-state index contributed by atoms with van der Waals surface area (Å²) in [7, 11) is 0. The summed E-state index contributed by atoms with van der Waals surface area (Å²) < 4.78 is 0. The van der Waals surface area contributed by atoms with Gasteiger partial charge in [0, 0.05) is 13.5 Å². The number of carbonyl (C=O) groups excluding carboxylic acids is 2. The predicted octanol–water partition coefficient (Wildman–Crippen LogP) is 1.40. The number of carboxylic acid groups (broad SMARTS) is 1. The molecule has 120 valence electrons. The highest BCUT2D eigenvalue weighted by atomic mass is 16.4.